The molecule has 0 aliphatic carbocycles. The summed E-state index contributed by atoms with van der Waals surface area (Å²) in [5.41, 5.74) is 2.52. The first-order chi connectivity index (χ1) is 10.7. The molecule has 5 nitrogen and oxygen atoms in total. The van der Waals surface area contributed by atoms with Gasteiger partial charge < -0.3 is 10.2 Å². The molecule has 6 heteroatoms. The number of amides is 1. The van der Waals surface area contributed by atoms with E-state index in [4.69, 9.17) is 0 Å². The van der Waals surface area contributed by atoms with E-state index >= 15 is 0 Å². The Hall–Kier alpha value is -1.66. The third kappa shape index (κ3) is 3.08. The predicted octanol–water partition coefficient (Wildman–Crippen LogP) is 2.38. The Morgan fingerprint density at radius 1 is 1.23 bits per heavy atom. The molecular weight excluding hydrogens is 344 g/mol. The fraction of sp³-hybridized carbons (Fsp3) is 0.375. The van der Waals surface area contributed by atoms with Crippen molar-refractivity contribution in [3.05, 3.63) is 46.2 Å². The van der Waals surface area contributed by atoms with Crippen molar-refractivity contribution in [1.29, 1.82) is 0 Å². The lowest BCUT2D eigenvalue weighted by molar-refractivity contribution is 0.0765. The first-order valence-corrected chi connectivity index (χ1v) is 8.26. The van der Waals surface area contributed by atoms with E-state index in [1.54, 1.807) is 6.20 Å². The number of hydrogen-bond donors (Lipinski definition) is 1. The molecule has 1 amide bonds. The second-order valence-corrected chi connectivity index (χ2v) is 6.34. The van der Waals surface area contributed by atoms with Crippen LogP contribution in [0, 0.1) is 6.92 Å². The van der Waals surface area contributed by atoms with Crippen LogP contribution >= 0.6 is 15.9 Å². The number of nitrogens with one attached hydrogen (secondary N) is 1. The molecule has 0 saturated carbocycles. The highest BCUT2D eigenvalue weighted by Crippen LogP contribution is 2.18. The van der Waals surface area contributed by atoms with Crippen LogP contribution in [0.4, 0.5) is 0 Å². The lowest BCUT2D eigenvalue weighted by atomic mass is 10.2. The average molecular weight is 363 g/mol. The lowest BCUT2D eigenvalue weighted by Gasteiger charge is -2.19. The molecular formula is C16H19BrN4O. The van der Waals surface area contributed by atoms with Gasteiger partial charge in [0.05, 0.1) is 23.1 Å². The van der Waals surface area contributed by atoms with E-state index < -0.39 is 0 Å². The maximum absolute atomic E-state index is 12.7. The number of nitrogens with zero attached hydrogens (tertiary/aromatic N) is 3. The van der Waals surface area contributed by atoms with E-state index in [9.17, 15) is 4.79 Å². The van der Waals surface area contributed by atoms with Crippen molar-refractivity contribution in [2.24, 2.45) is 0 Å². The van der Waals surface area contributed by atoms with E-state index in [-0.39, 0.29) is 5.91 Å². The Balaban J connectivity index is 1.86. The Morgan fingerprint density at radius 3 is 2.77 bits per heavy atom. The van der Waals surface area contributed by atoms with Gasteiger partial charge >= 0.3 is 0 Å². The lowest BCUT2D eigenvalue weighted by Crippen LogP contribution is -2.34. The van der Waals surface area contributed by atoms with Crippen LogP contribution in [0.15, 0.2) is 34.9 Å². The normalized spacial score (nSPS) is 15.6. The number of carbonyl (C=O) groups is 1. The smallest absolute Gasteiger partial charge is 0.257 e. The van der Waals surface area contributed by atoms with Crippen molar-refractivity contribution in [3.63, 3.8) is 0 Å². The van der Waals surface area contributed by atoms with Crippen LogP contribution in [-0.4, -0.2) is 46.8 Å². The molecule has 0 radical (unpaired) electrons. The van der Waals surface area contributed by atoms with Crippen molar-refractivity contribution >= 4 is 21.8 Å². The van der Waals surface area contributed by atoms with Crippen LogP contribution in [0.25, 0.3) is 5.69 Å². The van der Waals surface area contributed by atoms with Gasteiger partial charge in [0.15, 0.2) is 0 Å². The molecule has 1 N–H and O–H groups in total. The second kappa shape index (κ2) is 6.62. The van der Waals surface area contributed by atoms with Crippen LogP contribution in [0.2, 0.25) is 0 Å². The minimum absolute atomic E-state index is 0.0737. The van der Waals surface area contributed by atoms with Crippen LogP contribution in [0.3, 0.4) is 0 Å². The van der Waals surface area contributed by atoms with Crippen LogP contribution in [0.5, 0.6) is 0 Å². The molecule has 0 bridgehead atoms. The van der Waals surface area contributed by atoms with Gasteiger partial charge in [-0.3, -0.25) is 4.79 Å². The zero-order valence-electron chi connectivity index (χ0n) is 12.6. The summed E-state index contributed by atoms with van der Waals surface area (Å²) in [6.45, 7) is 5.32. The van der Waals surface area contributed by atoms with Crippen molar-refractivity contribution in [1.82, 2.24) is 20.0 Å². The minimum Gasteiger partial charge on any atom is -0.337 e. The summed E-state index contributed by atoms with van der Waals surface area (Å²) < 4.78 is 2.84. The quantitative estimate of drug-likeness (QED) is 0.892. The SMILES string of the molecule is Cc1c(C(=O)N2CCCNCC2)cnn1-c1ccc(Br)cc1. The Bertz CT molecular complexity index is 657. The minimum atomic E-state index is 0.0737. The summed E-state index contributed by atoms with van der Waals surface area (Å²) in [5.74, 6) is 0.0737. The van der Waals surface area contributed by atoms with Gasteiger partial charge in [0.2, 0.25) is 0 Å². The summed E-state index contributed by atoms with van der Waals surface area (Å²) in [4.78, 5) is 14.6. The predicted molar refractivity (Wildman–Crippen MR) is 89.4 cm³/mol. The number of rotatable bonds is 2. The van der Waals surface area contributed by atoms with Crippen molar-refractivity contribution < 1.29 is 4.79 Å². The van der Waals surface area contributed by atoms with E-state index in [1.165, 1.54) is 0 Å². The van der Waals surface area contributed by atoms with Gasteiger partial charge in [0.1, 0.15) is 0 Å². The van der Waals surface area contributed by atoms with Crippen LogP contribution in [-0.2, 0) is 0 Å². The van der Waals surface area contributed by atoms with Gasteiger partial charge in [-0.25, -0.2) is 4.68 Å². The molecule has 1 aromatic heterocycles. The third-order valence-corrected chi connectivity index (χ3v) is 4.47. The second-order valence-electron chi connectivity index (χ2n) is 5.43. The average Bonchev–Trinajstić information content (AvgIpc) is 2.75. The first kappa shape index (κ1) is 15.2. The van der Waals surface area contributed by atoms with Gasteiger partial charge in [-0.2, -0.15) is 5.10 Å². The van der Waals surface area contributed by atoms with Gasteiger partial charge in [0, 0.05) is 24.1 Å². The molecule has 0 atom stereocenters. The Labute approximate surface area is 138 Å². The molecule has 0 spiro atoms. The maximum Gasteiger partial charge on any atom is 0.257 e. The van der Waals surface area contributed by atoms with Crippen LogP contribution < -0.4 is 5.32 Å². The summed E-state index contributed by atoms with van der Waals surface area (Å²) in [6.07, 6.45) is 2.67. The van der Waals surface area contributed by atoms with E-state index in [0.717, 1.165) is 48.5 Å². The van der Waals surface area contributed by atoms with E-state index in [0.29, 0.717) is 5.56 Å². The van der Waals surface area contributed by atoms with Gasteiger partial charge in [-0.05, 0) is 44.2 Å². The van der Waals surface area contributed by atoms with Crippen molar-refractivity contribution in [3.8, 4) is 5.69 Å². The zero-order valence-corrected chi connectivity index (χ0v) is 14.1. The molecule has 1 aliphatic heterocycles. The number of halogens is 1. The molecule has 2 heterocycles. The molecule has 1 saturated heterocycles. The summed E-state index contributed by atoms with van der Waals surface area (Å²) in [5, 5.41) is 7.71. The Kier molecular flexibility index (Phi) is 4.59. The molecule has 1 aromatic carbocycles. The largest absolute Gasteiger partial charge is 0.337 e. The highest BCUT2D eigenvalue weighted by Gasteiger charge is 2.21. The Morgan fingerprint density at radius 2 is 2.00 bits per heavy atom. The number of carbonyl (C=O) groups excluding carboxylic acids is 1. The molecule has 0 unspecified atom stereocenters. The molecule has 3 rings (SSSR count). The number of benzene rings is 1. The van der Waals surface area contributed by atoms with Gasteiger partial charge in [0.25, 0.3) is 5.91 Å². The van der Waals surface area contributed by atoms with E-state index in [2.05, 4.69) is 26.3 Å². The molecule has 22 heavy (non-hydrogen) atoms. The van der Waals surface area contributed by atoms with Gasteiger partial charge in [-0.1, -0.05) is 15.9 Å². The standard InChI is InChI=1S/C16H19BrN4O/c1-12-15(16(22)20-9-2-7-18-8-10-20)11-19-21(12)14-5-3-13(17)4-6-14/h3-6,11,18H,2,7-10H2,1H3. The van der Waals surface area contributed by atoms with Gasteiger partial charge in [-0.15, -0.1) is 0 Å². The molecule has 2 aromatic rings. The fourth-order valence-corrected chi connectivity index (χ4v) is 2.95. The highest BCUT2D eigenvalue weighted by atomic mass is 79.9. The first-order valence-electron chi connectivity index (χ1n) is 7.47. The molecule has 1 fully saturated rings. The zero-order chi connectivity index (χ0) is 15.5. The highest BCUT2D eigenvalue weighted by molar-refractivity contribution is 9.10. The topological polar surface area (TPSA) is 50.2 Å². The van der Waals surface area contributed by atoms with Crippen LogP contribution in [0.1, 0.15) is 22.5 Å². The third-order valence-electron chi connectivity index (χ3n) is 3.94. The summed E-state index contributed by atoms with van der Waals surface area (Å²) >= 11 is 3.43. The van der Waals surface area contributed by atoms with Crippen molar-refractivity contribution in [2.75, 3.05) is 26.2 Å². The molecule has 1 aliphatic rings. The summed E-state index contributed by atoms with van der Waals surface area (Å²) in [6, 6.07) is 7.90. The number of aromatic nitrogens is 2. The maximum atomic E-state index is 12.7. The van der Waals surface area contributed by atoms with Crippen molar-refractivity contribution in [2.45, 2.75) is 13.3 Å². The molecule has 116 valence electrons. The fourth-order valence-electron chi connectivity index (χ4n) is 2.68. The summed E-state index contributed by atoms with van der Waals surface area (Å²) in [7, 11) is 0. The van der Waals surface area contributed by atoms with E-state index in [1.807, 2.05) is 40.8 Å². The number of hydrogen-bond acceptors (Lipinski definition) is 3. The monoisotopic (exact) mass is 362 g/mol.